The van der Waals surface area contributed by atoms with E-state index in [9.17, 15) is 4.57 Å². The fraction of sp³-hybridized carbons (Fsp3) is 0.0213. The van der Waals surface area contributed by atoms with E-state index in [1.165, 1.54) is 11.1 Å². The molecule has 1 aliphatic heterocycles. The number of hydrogen-bond acceptors (Lipinski definition) is 3. The van der Waals surface area contributed by atoms with E-state index >= 15 is 0 Å². The van der Waals surface area contributed by atoms with Gasteiger partial charge in [0.25, 0.3) is 0 Å². The molecule has 1 aromatic heterocycles. The fourth-order valence-corrected chi connectivity index (χ4v) is 9.45. The second kappa shape index (κ2) is 12.6. The van der Waals surface area contributed by atoms with Gasteiger partial charge in [0.2, 0.25) is 0 Å². The lowest BCUT2D eigenvalue weighted by atomic mass is 9.95. The van der Waals surface area contributed by atoms with Crippen LogP contribution in [-0.2, 0) is 4.57 Å². The monoisotopic (exact) mass is 672 g/mol. The van der Waals surface area contributed by atoms with Crippen LogP contribution in [0, 0.1) is 0 Å². The summed E-state index contributed by atoms with van der Waals surface area (Å²) in [6, 6.07) is 63.0. The second-order valence-electron chi connectivity index (χ2n) is 13.1. The maximum absolute atomic E-state index is 13.8. The van der Waals surface area contributed by atoms with Gasteiger partial charge in [-0.3, -0.25) is 0 Å². The van der Waals surface area contributed by atoms with Gasteiger partial charge in [-0.2, -0.15) is 0 Å². The molecule has 1 aliphatic rings. The van der Waals surface area contributed by atoms with Crippen LogP contribution in [0.1, 0.15) is 0 Å². The highest BCUT2D eigenvalue weighted by atomic mass is 31.2. The Hall–Kier alpha value is -6.15. The predicted molar refractivity (Wildman–Crippen MR) is 213 cm³/mol. The van der Waals surface area contributed by atoms with E-state index in [1.54, 1.807) is 0 Å². The SMILES string of the molecule is CP1(=O)c2ccccc2-c2cc(-c3cccc(-c4cccc(-c5cc(-c6ccc(-c7ccccc7)cc6)nc(-c6ccccc6)n5)c4)c3)ccc21. The van der Waals surface area contributed by atoms with Gasteiger partial charge in [-0.15, -0.1) is 0 Å². The topological polar surface area (TPSA) is 42.9 Å². The molecule has 3 nitrogen and oxygen atoms in total. The Morgan fingerprint density at radius 3 is 1.49 bits per heavy atom. The van der Waals surface area contributed by atoms with Crippen LogP contribution < -0.4 is 10.6 Å². The van der Waals surface area contributed by atoms with E-state index in [2.05, 4.69) is 140 Å². The summed E-state index contributed by atoms with van der Waals surface area (Å²) in [5.74, 6) is 0.692. The predicted octanol–water partition coefficient (Wildman–Crippen LogP) is 11.4. The van der Waals surface area contributed by atoms with Crippen LogP contribution in [0.5, 0.6) is 0 Å². The summed E-state index contributed by atoms with van der Waals surface area (Å²) < 4.78 is 13.8. The van der Waals surface area contributed by atoms with Gasteiger partial charge in [0.15, 0.2) is 5.82 Å². The smallest absolute Gasteiger partial charge is 0.160 e. The highest BCUT2D eigenvalue weighted by Gasteiger charge is 2.34. The van der Waals surface area contributed by atoms with E-state index in [-0.39, 0.29) is 0 Å². The first-order valence-electron chi connectivity index (χ1n) is 17.1. The maximum atomic E-state index is 13.8. The minimum absolute atomic E-state index is 0.692. The van der Waals surface area contributed by atoms with E-state index in [0.717, 1.165) is 72.1 Å². The van der Waals surface area contributed by atoms with Gasteiger partial charge >= 0.3 is 0 Å². The molecule has 7 aromatic carbocycles. The molecule has 0 fully saturated rings. The van der Waals surface area contributed by atoms with E-state index in [0.29, 0.717) is 5.82 Å². The number of nitrogens with zero attached hydrogens (tertiary/aromatic N) is 2. The Bertz CT molecular complexity index is 2610. The van der Waals surface area contributed by atoms with Crippen molar-refractivity contribution in [3.05, 3.63) is 182 Å². The van der Waals surface area contributed by atoms with Crippen molar-refractivity contribution in [1.82, 2.24) is 9.97 Å². The second-order valence-corrected chi connectivity index (χ2v) is 15.9. The molecular weight excluding hydrogens is 640 g/mol. The molecule has 0 bridgehead atoms. The molecule has 0 N–H and O–H groups in total. The van der Waals surface area contributed by atoms with Gasteiger partial charge < -0.3 is 4.57 Å². The Morgan fingerprint density at radius 2 is 0.804 bits per heavy atom. The molecule has 0 saturated heterocycles. The lowest BCUT2D eigenvalue weighted by Crippen LogP contribution is -2.07. The van der Waals surface area contributed by atoms with Crippen LogP contribution in [0.4, 0.5) is 0 Å². The van der Waals surface area contributed by atoms with Crippen molar-refractivity contribution in [2.75, 3.05) is 6.66 Å². The van der Waals surface area contributed by atoms with Crippen LogP contribution in [0.25, 0.3) is 78.4 Å². The Labute approximate surface area is 298 Å². The van der Waals surface area contributed by atoms with Crippen molar-refractivity contribution < 1.29 is 4.57 Å². The molecule has 9 rings (SSSR count). The van der Waals surface area contributed by atoms with Crippen molar-refractivity contribution >= 4 is 17.8 Å². The zero-order chi connectivity index (χ0) is 34.4. The minimum atomic E-state index is -2.60. The number of rotatable bonds is 6. The third kappa shape index (κ3) is 5.72. The highest BCUT2D eigenvalue weighted by Crippen LogP contribution is 2.50. The summed E-state index contributed by atoms with van der Waals surface area (Å²) in [4.78, 5) is 10.1. The summed E-state index contributed by atoms with van der Waals surface area (Å²) in [6.45, 7) is 1.88. The molecule has 4 heteroatoms. The molecule has 0 saturated carbocycles. The number of fused-ring (bicyclic) bond motifs is 3. The molecule has 1 atom stereocenters. The zero-order valence-electron chi connectivity index (χ0n) is 28.1. The standard InChI is InChI=1S/C47H33N2OP/c1-51(50)45-21-9-8-20-41(45)42-30-39(26-27-46(42)51)37-17-10-16-36(28-37)38-18-11-19-40(29-38)44-31-43(48-47(49-44)35-14-6-3-7-15-35)34-24-22-33(23-25-34)32-12-4-2-5-13-32/h2-31H,1H3. The number of aromatic nitrogens is 2. The van der Waals surface area contributed by atoms with Gasteiger partial charge in [0.05, 0.1) is 11.4 Å². The Morgan fingerprint density at radius 1 is 0.353 bits per heavy atom. The molecule has 2 heterocycles. The van der Waals surface area contributed by atoms with Crippen molar-refractivity contribution in [2.24, 2.45) is 0 Å². The summed E-state index contributed by atoms with van der Waals surface area (Å²) in [5.41, 5.74) is 13.7. The molecule has 51 heavy (non-hydrogen) atoms. The molecule has 0 radical (unpaired) electrons. The molecule has 0 amide bonds. The molecular formula is C47H33N2OP. The van der Waals surface area contributed by atoms with E-state index < -0.39 is 7.14 Å². The van der Waals surface area contributed by atoms with Gasteiger partial charge in [0, 0.05) is 27.3 Å². The van der Waals surface area contributed by atoms with Crippen molar-refractivity contribution in [3.63, 3.8) is 0 Å². The average molecular weight is 673 g/mol. The van der Waals surface area contributed by atoms with Crippen LogP contribution in [0.15, 0.2) is 182 Å². The van der Waals surface area contributed by atoms with Gasteiger partial charge in [0.1, 0.15) is 7.14 Å². The van der Waals surface area contributed by atoms with Crippen LogP contribution >= 0.6 is 7.14 Å². The van der Waals surface area contributed by atoms with Crippen molar-refractivity contribution in [2.45, 2.75) is 0 Å². The molecule has 0 aliphatic carbocycles. The van der Waals surface area contributed by atoms with Gasteiger partial charge in [-0.1, -0.05) is 152 Å². The lowest BCUT2D eigenvalue weighted by molar-refractivity contribution is 0.591. The largest absolute Gasteiger partial charge is 0.314 e. The first-order valence-corrected chi connectivity index (χ1v) is 19.3. The third-order valence-electron chi connectivity index (χ3n) is 9.84. The Balaban J connectivity index is 1.09. The maximum Gasteiger partial charge on any atom is 0.160 e. The van der Waals surface area contributed by atoms with E-state index in [4.69, 9.17) is 9.97 Å². The number of benzene rings is 7. The third-order valence-corrected chi connectivity index (χ3v) is 12.5. The summed E-state index contributed by atoms with van der Waals surface area (Å²) in [6.07, 6.45) is 0. The first kappa shape index (κ1) is 30.9. The average Bonchev–Trinajstić information content (AvgIpc) is 3.44. The molecule has 8 aromatic rings. The van der Waals surface area contributed by atoms with E-state index in [1.807, 2.05) is 49.1 Å². The molecule has 242 valence electrons. The Kier molecular flexibility index (Phi) is 7.64. The highest BCUT2D eigenvalue weighted by molar-refractivity contribution is 7.79. The van der Waals surface area contributed by atoms with Crippen LogP contribution in [0.2, 0.25) is 0 Å². The van der Waals surface area contributed by atoms with Crippen LogP contribution in [-0.4, -0.2) is 16.6 Å². The normalized spacial score (nSPS) is 14.5. The molecule has 0 spiro atoms. The quantitative estimate of drug-likeness (QED) is 0.165. The summed E-state index contributed by atoms with van der Waals surface area (Å²) in [7, 11) is -2.60. The van der Waals surface area contributed by atoms with Crippen molar-refractivity contribution in [3.8, 4) is 78.4 Å². The van der Waals surface area contributed by atoms with Crippen LogP contribution in [0.3, 0.4) is 0 Å². The molecule has 1 unspecified atom stereocenters. The zero-order valence-corrected chi connectivity index (χ0v) is 29.0. The van der Waals surface area contributed by atoms with Gasteiger partial charge in [-0.25, -0.2) is 9.97 Å². The fourth-order valence-electron chi connectivity index (χ4n) is 7.17. The lowest BCUT2D eigenvalue weighted by Gasteiger charge is -2.12. The summed E-state index contributed by atoms with van der Waals surface area (Å²) >= 11 is 0. The summed E-state index contributed by atoms with van der Waals surface area (Å²) in [5, 5.41) is 1.90. The minimum Gasteiger partial charge on any atom is -0.314 e. The first-order chi connectivity index (χ1) is 25.0. The van der Waals surface area contributed by atoms with Crippen molar-refractivity contribution in [1.29, 1.82) is 0 Å². The van der Waals surface area contributed by atoms with Gasteiger partial charge in [-0.05, 0) is 81.5 Å². The number of hydrogen-bond donors (Lipinski definition) is 0.